The molecule has 5 heteroatoms. The molecule has 2 amide bonds. The minimum Gasteiger partial charge on any atom is -0.345 e. The number of hydrogen-bond donors (Lipinski definition) is 3. The number of hydrogen-bond acceptors (Lipinski definition) is 2. The molecule has 5 nitrogen and oxygen atoms in total. The summed E-state index contributed by atoms with van der Waals surface area (Å²) in [6, 6.07) is 16.7. The highest BCUT2D eigenvalue weighted by Gasteiger charge is 2.14. The van der Waals surface area contributed by atoms with Crippen molar-refractivity contribution in [1.82, 2.24) is 10.6 Å². The lowest BCUT2D eigenvalue weighted by Crippen LogP contribution is -3.06. The molecular formula is C21H26N3O2+. The Morgan fingerprint density at radius 2 is 1.65 bits per heavy atom. The van der Waals surface area contributed by atoms with Crippen LogP contribution in [0, 0.1) is 6.92 Å². The van der Waals surface area contributed by atoms with Gasteiger partial charge < -0.3 is 15.5 Å². The summed E-state index contributed by atoms with van der Waals surface area (Å²) in [6.45, 7) is 3.30. The maximum atomic E-state index is 12.5. The first-order valence-electron chi connectivity index (χ1n) is 8.67. The number of carbonyl (C=O) groups excluding carboxylic acids is 2. The predicted molar refractivity (Wildman–Crippen MR) is 104 cm³/mol. The standard InChI is InChI=1S/C21H25N3O2/c1-16-9-11-18(12-10-16)20(25)23-19(15-17-7-5-4-6-8-17)21(26)22-13-14-24(2)3/h4-12,15H,13-14H2,1-3H3,(H,22,26)(H,23,25)/p+1/b19-15-. The zero-order valence-electron chi connectivity index (χ0n) is 15.5. The summed E-state index contributed by atoms with van der Waals surface area (Å²) in [5.74, 6) is -0.601. The van der Waals surface area contributed by atoms with Gasteiger partial charge >= 0.3 is 0 Å². The molecule has 0 spiro atoms. The van der Waals surface area contributed by atoms with Gasteiger partial charge in [-0.2, -0.15) is 0 Å². The van der Waals surface area contributed by atoms with E-state index in [0.29, 0.717) is 12.1 Å². The van der Waals surface area contributed by atoms with E-state index in [-0.39, 0.29) is 17.5 Å². The average molecular weight is 352 g/mol. The predicted octanol–water partition coefficient (Wildman–Crippen LogP) is 1.03. The van der Waals surface area contributed by atoms with Crippen molar-refractivity contribution >= 4 is 17.9 Å². The minimum absolute atomic E-state index is 0.232. The quantitative estimate of drug-likeness (QED) is 0.652. The van der Waals surface area contributed by atoms with Gasteiger partial charge in [-0.1, -0.05) is 48.0 Å². The number of quaternary nitrogens is 1. The molecule has 0 heterocycles. The molecule has 2 aromatic carbocycles. The highest BCUT2D eigenvalue weighted by atomic mass is 16.2. The van der Waals surface area contributed by atoms with Gasteiger partial charge in [0.15, 0.2) is 0 Å². The van der Waals surface area contributed by atoms with Gasteiger partial charge in [0.1, 0.15) is 5.70 Å². The molecule has 3 N–H and O–H groups in total. The fourth-order valence-electron chi connectivity index (χ4n) is 2.30. The third kappa shape index (κ3) is 6.18. The topological polar surface area (TPSA) is 62.6 Å². The zero-order chi connectivity index (χ0) is 18.9. The molecule has 0 saturated carbocycles. The van der Waals surface area contributed by atoms with Crippen molar-refractivity contribution in [2.75, 3.05) is 27.2 Å². The average Bonchev–Trinajstić information content (AvgIpc) is 2.62. The molecular weight excluding hydrogens is 326 g/mol. The summed E-state index contributed by atoms with van der Waals surface area (Å²) in [7, 11) is 4.04. The van der Waals surface area contributed by atoms with Crippen molar-refractivity contribution in [3.63, 3.8) is 0 Å². The first-order valence-corrected chi connectivity index (χ1v) is 8.67. The van der Waals surface area contributed by atoms with E-state index in [1.807, 2.05) is 63.5 Å². The summed E-state index contributed by atoms with van der Waals surface area (Å²) in [5, 5.41) is 5.60. The molecule has 0 fully saturated rings. The van der Waals surface area contributed by atoms with Crippen molar-refractivity contribution in [1.29, 1.82) is 0 Å². The summed E-state index contributed by atoms with van der Waals surface area (Å²) < 4.78 is 0. The van der Waals surface area contributed by atoms with E-state index >= 15 is 0 Å². The summed E-state index contributed by atoms with van der Waals surface area (Å²) in [4.78, 5) is 26.3. The maximum Gasteiger partial charge on any atom is 0.268 e. The maximum absolute atomic E-state index is 12.5. The molecule has 136 valence electrons. The van der Waals surface area contributed by atoms with Crippen molar-refractivity contribution in [3.05, 3.63) is 77.0 Å². The molecule has 0 bridgehead atoms. The van der Waals surface area contributed by atoms with Crippen LogP contribution in [0.15, 0.2) is 60.3 Å². The molecule has 0 saturated heterocycles. The number of aryl methyl sites for hydroxylation is 1. The smallest absolute Gasteiger partial charge is 0.268 e. The highest BCUT2D eigenvalue weighted by Crippen LogP contribution is 2.08. The first kappa shape index (κ1) is 19.4. The summed E-state index contributed by atoms with van der Waals surface area (Å²) in [5.41, 5.74) is 2.67. The monoisotopic (exact) mass is 352 g/mol. The van der Waals surface area contributed by atoms with E-state index in [0.717, 1.165) is 17.7 Å². The number of benzene rings is 2. The van der Waals surface area contributed by atoms with Crippen LogP contribution < -0.4 is 15.5 Å². The van der Waals surface area contributed by atoms with E-state index in [2.05, 4.69) is 10.6 Å². The Morgan fingerprint density at radius 1 is 1.00 bits per heavy atom. The minimum atomic E-state index is -0.305. The normalized spacial score (nSPS) is 11.3. The lowest BCUT2D eigenvalue weighted by Gasteiger charge is -2.12. The van der Waals surface area contributed by atoms with Crippen molar-refractivity contribution in [3.8, 4) is 0 Å². The lowest BCUT2D eigenvalue weighted by atomic mass is 10.1. The van der Waals surface area contributed by atoms with Crippen LogP contribution >= 0.6 is 0 Å². The number of amides is 2. The van der Waals surface area contributed by atoms with Gasteiger partial charge in [-0.05, 0) is 30.7 Å². The number of rotatable bonds is 7. The van der Waals surface area contributed by atoms with E-state index < -0.39 is 0 Å². The van der Waals surface area contributed by atoms with Crippen LogP contribution in [0.4, 0.5) is 0 Å². The molecule has 2 rings (SSSR count). The van der Waals surface area contributed by atoms with Gasteiger partial charge in [-0.25, -0.2) is 0 Å². The fraction of sp³-hybridized carbons (Fsp3) is 0.238. The Hall–Kier alpha value is -2.92. The third-order valence-corrected chi connectivity index (χ3v) is 3.83. The van der Waals surface area contributed by atoms with Crippen molar-refractivity contribution in [2.45, 2.75) is 6.92 Å². The Kier molecular flexibility index (Phi) is 7.12. The van der Waals surface area contributed by atoms with Crippen LogP contribution in [-0.4, -0.2) is 39.0 Å². The Balaban J connectivity index is 2.17. The summed E-state index contributed by atoms with van der Waals surface area (Å²) >= 11 is 0. The zero-order valence-corrected chi connectivity index (χ0v) is 15.5. The Morgan fingerprint density at radius 3 is 2.27 bits per heavy atom. The van der Waals surface area contributed by atoms with Crippen LogP contribution in [0.3, 0.4) is 0 Å². The summed E-state index contributed by atoms with van der Waals surface area (Å²) in [6.07, 6.45) is 1.68. The largest absolute Gasteiger partial charge is 0.345 e. The van der Waals surface area contributed by atoms with Crippen molar-refractivity contribution in [2.24, 2.45) is 0 Å². The second-order valence-corrected chi connectivity index (χ2v) is 6.50. The second-order valence-electron chi connectivity index (χ2n) is 6.50. The van der Waals surface area contributed by atoms with E-state index in [1.54, 1.807) is 18.2 Å². The lowest BCUT2D eigenvalue weighted by molar-refractivity contribution is -0.856. The molecule has 0 atom stereocenters. The van der Waals surface area contributed by atoms with Gasteiger partial charge in [0, 0.05) is 5.56 Å². The second kappa shape index (κ2) is 9.53. The van der Waals surface area contributed by atoms with E-state index in [4.69, 9.17) is 0 Å². The van der Waals surface area contributed by atoms with Gasteiger partial charge in [0.05, 0.1) is 27.2 Å². The Labute approximate surface area is 154 Å². The third-order valence-electron chi connectivity index (χ3n) is 3.83. The molecule has 0 aliphatic heterocycles. The molecule has 26 heavy (non-hydrogen) atoms. The van der Waals surface area contributed by atoms with Gasteiger partial charge in [-0.3, -0.25) is 9.59 Å². The van der Waals surface area contributed by atoms with Crippen LogP contribution in [0.1, 0.15) is 21.5 Å². The van der Waals surface area contributed by atoms with Gasteiger partial charge in [-0.15, -0.1) is 0 Å². The number of nitrogens with one attached hydrogen (secondary N) is 3. The molecule has 0 unspecified atom stereocenters. The number of carbonyl (C=O) groups is 2. The van der Waals surface area contributed by atoms with Gasteiger partial charge in [0.25, 0.3) is 11.8 Å². The van der Waals surface area contributed by atoms with E-state index in [1.165, 1.54) is 4.90 Å². The van der Waals surface area contributed by atoms with Gasteiger partial charge in [0.2, 0.25) is 0 Å². The van der Waals surface area contributed by atoms with Crippen LogP contribution in [0.5, 0.6) is 0 Å². The molecule has 0 radical (unpaired) electrons. The first-order chi connectivity index (χ1) is 12.5. The number of likely N-dealkylation sites (N-methyl/N-ethyl adjacent to an activating group) is 1. The van der Waals surface area contributed by atoms with Crippen LogP contribution in [0.2, 0.25) is 0 Å². The van der Waals surface area contributed by atoms with Crippen LogP contribution in [0.25, 0.3) is 6.08 Å². The molecule has 0 aliphatic carbocycles. The molecule has 0 aliphatic rings. The highest BCUT2D eigenvalue weighted by molar-refractivity contribution is 6.05. The van der Waals surface area contributed by atoms with E-state index in [9.17, 15) is 9.59 Å². The van der Waals surface area contributed by atoms with Crippen molar-refractivity contribution < 1.29 is 14.5 Å². The SMILES string of the molecule is Cc1ccc(C(=O)N/C(=C\c2ccccc2)C(=O)NCC[NH+](C)C)cc1. The molecule has 0 aromatic heterocycles. The molecule has 2 aromatic rings. The Bertz CT molecular complexity index is 766. The fourth-order valence-corrected chi connectivity index (χ4v) is 2.30. The van der Waals surface area contributed by atoms with Crippen LogP contribution in [-0.2, 0) is 4.79 Å².